The van der Waals surface area contributed by atoms with Crippen LogP contribution in [0.5, 0.6) is 0 Å². The summed E-state index contributed by atoms with van der Waals surface area (Å²) in [6, 6.07) is 10.4. The van der Waals surface area contributed by atoms with Gasteiger partial charge in [0.05, 0.1) is 11.3 Å². The molecular weight excluding hydrogens is 416 g/mol. The van der Waals surface area contributed by atoms with Crippen molar-refractivity contribution in [3.05, 3.63) is 80.2 Å². The van der Waals surface area contributed by atoms with Crippen LogP contribution in [0.2, 0.25) is 0 Å². The molecule has 2 aliphatic rings. The first-order valence-corrected chi connectivity index (χ1v) is 10.5. The van der Waals surface area contributed by atoms with Gasteiger partial charge >= 0.3 is 0 Å². The van der Waals surface area contributed by atoms with Crippen molar-refractivity contribution in [1.82, 2.24) is 19.9 Å². The Morgan fingerprint density at radius 3 is 2.96 bits per heavy atom. The summed E-state index contributed by atoms with van der Waals surface area (Å²) < 4.78 is 1.06. The lowest BCUT2D eigenvalue weighted by atomic mass is 10.00. The van der Waals surface area contributed by atoms with Gasteiger partial charge in [-0.1, -0.05) is 28.1 Å². The Balaban J connectivity index is 1.41. The molecule has 0 radical (unpaired) electrons. The lowest BCUT2D eigenvalue weighted by Crippen LogP contribution is -2.35. The summed E-state index contributed by atoms with van der Waals surface area (Å²) in [6.45, 7) is 2.30. The number of rotatable bonds is 4. The van der Waals surface area contributed by atoms with Gasteiger partial charge < -0.3 is 4.98 Å². The molecule has 1 saturated carbocycles. The van der Waals surface area contributed by atoms with Crippen LogP contribution in [0, 0.1) is 0 Å². The summed E-state index contributed by atoms with van der Waals surface area (Å²) in [5, 5.41) is 0. The summed E-state index contributed by atoms with van der Waals surface area (Å²) in [7, 11) is 0. The van der Waals surface area contributed by atoms with Crippen LogP contribution in [-0.2, 0) is 19.5 Å². The van der Waals surface area contributed by atoms with E-state index in [0.717, 1.165) is 59.5 Å². The second-order valence-corrected chi connectivity index (χ2v) is 8.57. The fourth-order valence-corrected chi connectivity index (χ4v) is 4.32. The van der Waals surface area contributed by atoms with Gasteiger partial charge in [-0.3, -0.25) is 14.7 Å². The zero-order chi connectivity index (χ0) is 19.1. The highest BCUT2D eigenvalue weighted by Crippen LogP contribution is 2.38. The highest BCUT2D eigenvalue weighted by molar-refractivity contribution is 9.10. The van der Waals surface area contributed by atoms with Crippen molar-refractivity contribution < 1.29 is 0 Å². The summed E-state index contributed by atoms with van der Waals surface area (Å²) in [5.74, 6) is 1.36. The summed E-state index contributed by atoms with van der Waals surface area (Å²) >= 11 is 3.56. The normalized spacial score (nSPS) is 16.8. The Bertz CT molecular complexity index is 1090. The van der Waals surface area contributed by atoms with Crippen molar-refractivity contribution in [3.63, 3.8) is 0 Å². The van der Waals surface area contributed by atoms with Crippen LogP contribution in [0.25, 0.3) is 11.1 Å². The largest absolute Gasteiger partial charge is 0.310 e. The highest BCUT2D eigenvalue weighted by atomic mass is 79.9. The van der Waals surface area contributed by atoms with E-state index in [1.807, 2.05) is 24.5 Å². The summed E-state index contributed by atoms with van der Waals surface area (Å²) in [5.41, 5.74) is 5.36. The molecular formula is C22H21BrN4O. The number of fused-ring (bicyclic) bond motifs is 1. The number of hydrogen-bond donors (Lipinski definition) is 1. The molecule has 2 aromatic heterocycles. The average molecular weight is 437 g/mol. The third-order valence-corrected chi connectivity index (χ3v) is 6.06. The number of nitrogens with one attached hydrogen (secondary N) is 1. The van der Waals surface area contributed by atoms with Gasteiger partial charge in [-0.15, -0.1) is 0 Å². The molecule has 3 aromatic rings. The predicted molar refractivity (Wildman–Crippen MR) is 112 cm³/mol. The minimum Gasteiger partial charge on any atom is -0.310 e. The molecule has 0 saturated heterocycles. The molecule has 1 aromatic carbocycles. The molecule has 142 valence electrons. The average Bonchev–Trinajstić information content (AvgIpc) is 3.54. The number of aromatic amines is 1. The molecule has 28 heavy (non-hydrogen) atoms. The van der Waals surface area contributed by atoms with Gasteiger partial charge in [0.2, 0.25) is 0 Å². The Labute approximate surface area is 172 Å². The maximum atomic E-state index is 12.6. The van der Waals surface area contributed by atoms with E-state index in [9.17, 15) is 4.79 Å². The third kappa shape index (κ3) is 3.54. The number of halogens is 1. The van der Waals surface area contributed by atoms with Gasteiger partial charge in [0.25, 0.3) is 5.56 Å². The predicted octanol–water partition coefficient (Wildman–Crippen LogP) is 4.03. The zero-order valence-electron chi connectivity index (χ0n) is 15.5. The Morgan fingerprint density at radius 2 is 2.14 bits per heavy atom. The number of nitrogens with zero attached hydrogens (tertiary/aromatic N) is 3. The zero-order valence-corrected chi connectivity index (χ0v) is 17.1. The molecule has 0 atom stereocenters. The highest BCUT2D eigenvalue weighted by Gasteiger charge is 2.29. The molecule has 5 nitrogen and oxygen atoms in total. The number of hydrogen-bond acceptors (Lipinski definition) is 4. The van der Waals surface area contributed by atoms with Crippen LogP contribution in [0.15, 0.2) is 52.0 Å². The molecule has 1 aliphatic carbocycles. The van der Waals surface area contributed by atoms with Gasteiger partial charge in [-0.05, 0) is 47.7 Å². The van der Waals surface area contributed by atoms with Gasteiger partial charge in [0.1, 0.15) is 5.82 Å². The first-order valence-electron chi connectivity index (χ1n) is 9.70. The molecule has 6 heteroatoms. The molecule has 3 heterocycles. The molecule has 1 aliphatic heterocycles. The lowest BCUT2D eigenvalue weighted by Gasteiger charge is -2.28. The SMILES string of the molecule is O=c1[nH]c(C2CC2)nc2c1CN(Cc1cnccc1-c1cccc(Br)c1)CC2. The van der Waals surface area contributed by atoms with E-state index in [-0.39, 0.29) is 5.56 Å². The Morgan fingerprint density at radius 1 is 1.25 bits per heavy atom. The van der Waals surface area contributed by atoms with E-state index in [4.69, 9.17) is 4.98 Å². The van der Waals surface area contributed by atoms with Crippen molar-refractivity contribution in [1.29, 1.82) is 0 Å². The Hall–Kier alpha value is -2.31. The van der Waals surface area contributed by atoms with Crippen LogP contribution >= 0.6 is 15.9 Å². The smallest absolute Gasteiger partial charge is 0.255 e. The minimum atomic E-state index is 0.0370. The quantitative estimate of drug-likeness (QED) is 0.670. The number of benzene rings is 1. The number of aromatic nitrogens is 3. The van der Waals surface area contributed by atoms with E-state index in [1.54, 1.807) is 0 Å². The van der Waals surface area contributed by atoms with Crippen molar-refractivity contribution in [3.8, 4) is 11.1 Å². The van der Waals surface area contributed by atoms with E-state index < -0.39 is 0 Å². The van der Waals surface area contributed by atoms with Crippen LogP contribution < -0.4 is 5.56 Å². The fraction of sp³-hybridized carbons (Fsp3) is 0.318. The molecule has 5 rings (SSSR count). The fourth-order valence-electron chi connectivity index (χ4n) is 3.92. The van der Waals surface area contributed by atoms with Gasteiger partial charge in [0, 0.05) is 48.8 Å². The van der Waals surface area contributed by atoms with Crippen molar-refractivity contribution in [2.24, 2.45) is 0 Å². The van der Waals surface area contributed by atoms with Crippen molar-refractivity contribution in [2.75, 3.05) is 6.54 Å². The number of pyridine rings is 1. The lowest BCUT2D eigenvalue weighted by molar-refractivity contribution is 0.241. The van der Waals surface area contributed by atoms with Gasteiger partial charge in [0.15, 0.2) is 0 Å². The van der Waals surface area contributed by atoms with E-state index in [1.165, 1.54) is 11.1 Å². The summed E-state index contributed by atoms with van der Waals surface area (Å²) in [4.78, 5) is 27.0. The maximum Gasteiger partial charge on any atom is 0.255 e. The second-order valence-electron chi connectivity index (χ2n) is 7.65. The van der Waals surface area contributed by atoms with E-state index >= 15 is 0 Å². The molecule has 1 N–H and O–H groups in total. The topological polar surface area (TPSA) is 61.9 Å². The van der Waals surface area contributed by atoms with Gasteiger partial charge in [-0.2, -0.15) is 0 Å². The first kappa shape index (κ1) is 17.8. The van der Waals surface area contributed by atoms with Crippen molar-refractivity contribution in [2.45, 2.75) is 38.3 Å². The molecule has 1 fully saturated rings. The van der Waals surface area contributed by atoms with E-state index in [0.29, 0.717) is 12.5 Å². The Kier molecular flexibility index (Phi) is 4.61. The first-order chi connectivity index (χ1) is 13.7. The van der Waals surface area contributed by atoms with Gasteiger partial charge in [-0.25, -0.2) is 4.98 Å². The molecule has 0 unspecified atom stereocenters. The standard InChI is InChI=1S/C22H21BrN4O/c23-17-3-1-2-15(10-17)18-6-8-24-11-16(18)12-27-9-7-20-19(13-27)22(28)26-21(25-20)14-4-5-14/h1-3,6,8,10-11,14H,4-5,7,9,12-13H2,(H,25,26,28). The van der Waals surface area contributed by atoms with Crippen LogP contribution in [0.1, 0.15) is 41.4 Å². The summed E-state index contributed by atoms with van der Waals surface area (Å²) in [6.07, 6.45) is 6.88. The van der Waals surface area contributed by atoms with E-state index in [2.05, 4.69) is 49.0 Å². The maximum absolute atomic E-state index is 12.6. The monoisotopic (exact) mass is 436 g/mol. The van der Waals surface area contributed by atoms with Crippen LogP contribution in [-0.4, -0.2) is 26.4 Å². The van der Waals surface area contributed by atoms with Crippen LogP contribution in [0.3, 0.4) is 0 Å². The molecule has 0 bridgehead atoms. The molecule has 0 spiro atoms. The second kappa shape index (κ2) is 7.26. The van der Waals surface area contributed by atoms with Crippen molar-refractivity contribution >= 4 is 15.9 Å². The number of H-pyrrole nitrogens is 1. The minimum absolute atomic E-state index is 0.0370. The van der Waals surface area contributed by atoms with Crippen LogP contribution in [0.4, 0.5) is 0 Å². The third-order valence-electron chi connectivity index (χ3n) is 5.56. The molecule has 0 amide bonds.